The van der Waals surface area contributed by atoms with Crippen LogP contribution in [0.2, 0.25) is 0 Å². The minimum absolute atomic E-state index is 1.50. The molecule has 0 atom stereocenters. The lowest BCUT2D eigenvalue weighted by atomic mass is 10.0. The van der Waals surface area contributed by atoms with Crippen LogP contribution in [0.15, 0.2) is 0 Å². The van der Waals surface area contributed by atoms with E-state index in [1.165, 1.54) is 83.5 Å². The zero-order valence-electron chi connectivity index (χ0n) is 11.2. The van der Waals surface area contributed by atoms with Gasteiger partial charge in [0.2, 0.25) is 0 Å². The van der Waals surface area contributed by atoms with Crippen molar-refractivity contribution in [1.29, 1.82) is 0 Å². The largest absolute Gasteiger partial charge is 0.0683 e. The van der Waals surface area contributed by atoms with Gasteiger partial charge < -0.3 is 0 Å². The Morgan fingerprint density at radius 1 is 0.267 bits per heavy atom. The summed E-state index contributed by atoms with van der Waals surface area (Å²) in [7, 11) is 0. The standard InChI is InChI=1S/C7H14.C6H12.C2H6/c1-2-4-6-7-5-3-1;1-2-4-6-5-3-1;1-2/h1-7H2;1-6H2;1-2H3. The maximum absolute atomic E-state index is 2.00. The number of hydrogen-bond donors (Lipinski definition) is 0. The van der Waals surface area contributed by atoms with Crippen LogP contribution in [0.3, 0.4) is 0 Å². The van der Waals surface area contributed by atoms with E-state index >= 15 is 0 Å². The lowest BCUT2D eigenvalue weighted by Gasteiger charge is -2.05. The van der Waals surface area contributed by atoms with Gasteiger partial charge in [-0.15, -0.1) is 0 Å². The molecule has 0 unspecified atom stereocenters. The monoisotopic (exact) mass is 212 g/mol. The molecule has 0 radical (unpaired) electrons. The van der Waals surface area contributed by atoms with Gasteiger partial charge in [-0.1, -0.05) is 97.3 Å². The second-order valence-corrected chi connectivity index (χ2v) is 4.60. The topological polar surface area (TPSA) is 0 Å². The highest BCUT2D eigenvalue weighted by atomic mass is 14.0. The van der Waals surface area contributed by atoms with E-state index in [2.05, 4.69) is 0 Å². The second kappa shape index (κ2) is 14.0. The van der Waals surface area contributed by atoms with E-state index in [0.717, 1.165) is 0 Å². The predicted octanol–water partition coefficient (Wildman–Crippen LogP) is 6.10. The second-order valence-electron chi connectivity index (χ2n) is 4.60. The third-order valence-corrected chi connectivity index (χ3v) is 3.25. The lowest BCUT2D eigenvalue weighted by Crippen LogP contribution is -1.85. The fraction of sp³-hybridized carbons (Fsp3) is 1.00. The van der Waals surface area contributed by atoms with Crippen LogP contribution in [0, 0.1) is 0 Å². The Morgan fingerprint density at radius 3 is 0.400 bits per heavy atom. The molecule has 0 spiro atoms. The van der Waals surface area contributed by atoms with E-state index in [1.807, 2.05) is 13.8 Å². The molecule has 0 amide bonds. The van der Waals surface area contributed by atoms with Gasteiger partial charge in [0.05, 0.1) is 0 Å². The maximum atomic E-state index is 2.00. The summed E-state index contributed by atoms with van der Waals surface area (Å²) in [5.41, 5.74) is 0. The van der Waals surface area contributed by atoms with Gasteiger partial charge in [0, 0.05) is 0 Å². The van der Waals surface area contributed by atoms with E-state index in [9.17, 15) is 0 Å². The van der Waals surface area contributed by atoms with Gasteiger partial charge in [0.1, 0.15) is 0 Å². The first-order valence-corrected chi connectivity index (χ1v) is 7.50. The average molecular weight is 212 g/mol. The molecule has 0 saturated heterocycles. The Balaban J connectivity index is 0.000000227. The predicted molar refractivity (Wildman–Crippen MR) is 71.4 cm³/mol. The van der Waals surface area contributed by atoms with Gasteiger partial charge >= 0.3 is 0 Å². The summed E-state index contributed by atoms with van der Waals surface area (Å²) in [5, 5.41) is 0. The van der Waals surface area contributed by atoms with Crippen LogP contribution in [0.4, 0.5) is 0 Å². The SMILES string of the molecule is C1CCCCC1.C1CCCCCC1.CC. The molecule has 2 saturated carbocycles. The van der Waals surface area contributed by atoms with Crippen LogP contribution in [0.25, 0.3) is 0 Å². The molecule has 0 heteroatoms. The van der Waals surface area contributed by atoms with Crippen molar-refractivity contribution < 1.29 is 0 Å². The molecule has 2 rings (SSSR count). The third-order valence-electron chi connectivity index (χ3n) is 3.25. The molecule has 0 N–H and O–H groups in total. The minimum atomic E-state index is 1.50. The first kappa shape index (κ1) is 15.0. The van der Waals surface area contributed by atoms with Crippen molar-refractivity contribution in [3.63, 3.8) is 0 Å². The lowest BCUT2D eigenvalue weighted by molar-refractivity contribution is 0.504. The molecule has 15 heavy (non-hydrogen) atoms. The zero-order chi connectivity index (χ0) is 11.2. The Labute approximate surface area is 97.8 Å². The summed E-state index contributed by atoms with van der Waals surface area (Å²) in [6, 6.07) is 0. The van der Waals surface area contributed by atoms with Crippen LogP contribution in [-0.4, -0.2) is 0 Å². The summed E-state index contributed by atoms with van der Waals surface area (Å²) in [6.07, 6.45) is 19.5. The van der Waals surface area contributed by atoms with E-state index in [4.69, 9.17) is 0 Å². The highest BCUT2D eigenvalue weighted by Gasteiger charge is 1.96. The average Bonchev–Trinajstić information content (AvgIpc) is 2.67. The van der Waals surface area contributed by atoms with Crippen LogP contribution in [-0.2, 0) is 0 Å². The molecule has 2 fully saturated rings. The molecule has 0 aromatic heterocycles. The van der Waals surface area contributed by atoms with Gasteiger partial charge in [-0.3, -0.25) is 0 Å². The molecule has 0 aliphatic heterocycles. The molecule has 2 aliphatic rings. The van der Waals surface area contributed by atoms with Crippen molar-refractivity contribution in [3.05, 3.63) is 0 Å². The van der Waals surface area contributed by atoms with Crippen molar-refractivity contribution >= 4 is 0 Å². The number of rotatable bonds is 0. The first-order valence-electron chi connectivity index (χ1n) is 7.50. The summed E-state index contributed by atoms with van der Waals surface area (Å²) in [4.78, 5) is 0. The van der Waals surface area contributed by atoms with Crippen molar-refractivity contribution in [2.24, 2.45) is 0 Å². The van der Waals surface area contributed by atoms with Crippen molar-refractivity contribution in [1.82, 2.24) is 0 Å². The summed E-state index contributed by atoms with van der Waals surface area (Å²) < 4.78 is 0. The fourth-order valence-corrected chi connectivity index (χ4v) is 2.30. The molecular formula is C15H32. The molecule has 0 heterocycles. The zero-order valence-corrected chi connectivity index (χ0v) is 11.2. The molecule has 0 bridgehead atoms. The van der Waals surface area contributed by atoms with Gasteiger partial charge in [-0.25, -0.2) is 0 Å². The fourth-order valence-electron chi connectivity index (χ4n) is 2.30. The van der Waals surface area contributed by atoms with Crippen molar-refractivity contribution in [2.45, 2.75) is 97.3 Å². The van der Waals surface area contributed by atoms with Crippen molar-refractivity contribution in [3.8, 4) is 0 Å². The molecule has 0 aromatic carbocycles. The Kier molecular flexibility index (Phi) is 14.0. The van der Waals surface area contributed by atoms with Gasteiger partial charge in [-0.2, -0.15) is 0 Å². The molecule has 0 aromatic rings. The molecule has 92 valence electrons. The molecule has 2 aliphatic carbocycles. The van der Waals surface area contributed by atoms with Crippen LogP contribution >= 0.6 is 0 Å². The van der Waals surface area contributed by atoms with Crippen LogP contribution in [0.5, 0.6) is 0 Å². The van der Waals surface area contributed by atoms with E-state index in [-0.39, 0.29) is 0 Å². The van der Waals surface area contributed by atoms with Crippen molar-refractivity contribution in [2.75, 3.05) is 0 Å². The maximum Gasteiger partial charge on any atom is -0.0533 e. The molecule has 0 nitrogen and oxygen atoms in total. The van der Waals surface area contributed by atoms with Gasteiger partial charge in [0.25, 0.3) is 0 Å². The summed E-state index contributed by atoms with van der Waals surface area (Å²) in [6.45, 7) is 4.00. The molecular weight excluding hydrogens is 180 g/mol. The normalized spacial score (nSPS) is 21.2. The highest BCUT2D eigenvalue weighted by Crippen LogP contribution is 2.15. The van der Waals surface area contributed by atoms with E-state index < -0.39 is 0 Å². The smallest absolute Gasteiger partial charge is 0.0533 e. The van der Waals surface area contributed by atoms with Crippen LogP contribution in [0.1, 0.15) is 97.3 Å². The Morgan fingerprint density at radius 2 is 0.333 bits per heavy atom. The van der Waals surface area contributed by atoms with Gasteiger partial charge in [0.15, 0.2) is 0 Å². The quantitative estimate of drug-likeness (QED) is 0.426. The first-order chi connectivity index (χ1) is 7.50. The Hall–Kier alpha value is 0. The minimum Gasteiger partial charge on any atom is -0.0683 e. The van der Waals surface area contributed by atoms with E-state index in [1.54, 1.807) is 0 Å². The Bertz CT molecular complexity index is 61.1. The summed E-state index contributed by atoms with van der Waals surface area (Å²) >= 11 is 0. The van der Waals surface area contributed by atoms with Crippen LogP contribution < -0.4 is 0 Å². The summed E-state index contributed by atoms with van der Waals surface area (Å²) in [5.74, 6) is 0. The highest BCUT2D eigenvalue weighted by molar-refractivity contribution is 4.51. The van der Waals surface area contributed by atoms with E-state index in [0.29, 0.717) is 0 Å². The number of hydrogen-bond acceptors (Lipinski definition) is 0. The third kappa shape index (κ3) is 11.9. The van der Waals surface area contributed by atoms with Gasteiger partial charge in [-0.05, 0) is 0 Å².